The van der Waals surface area contributed by atoms with Crippen LogP contribution in [0.4, 0.5) is 5.69 Å². The van der Waals surface area contributed by atoms with E-state index in [-0.39, 0.29) is 0 Å². The minimum absolute atomic E-state index is 0.594. The molecule has 1 N–H and O–H groups in total. The second-order valence-electron chi connectivity index (χ2n) is 5.33. The summed E-state index contributed by atoms with van der Waals surface area (Å²) in [6.45, 7) is 8.93. The highest BCUT2D eigenvalue weighted by molar-refractivity contribution is 5.51. The number of hydrogen-bond donors (Lipinski definition) is 1. The molecule has 0 saturated carbocycles. The van der Waals surface area contributed by atoms with Gasteiger partial charge < -0.3 is 10.2 Å². The van der Waals surface area contributed by atoms with E-state index in [2.05, 4.69) is 42.0 Å². The fourth-order valence-electron chi connectivity index (χ4n) is 2.84. The van der Waals surface area contributed by atoms with Crippen LogP contribution in [0.3, 0.4) is 0 Å². The fraction of sp³-hybridized carbons (Fsp3) is 0.667. The van der Waals surface area contributed by atoms with Gasteiger partial charge in [0, 0.05) is 24.8 Å². The molecule has 1 aromatic rings. The van der Waals surface area contributed by atoms with Crippen LogP contribution < -0.4 is 10.2 Å². The smallest absolute Gasteiger partial charge is 0.0605 e. The second kappa shape index (κ2) is 6.19. The summed E-state index contributed by atoms with van der Waals surface area (Å²) in [5.41, 5.74) is 2.45. The molecule has 1 aliphatic rings. The molecule has 100 valence electrons. The molecule has 0 aliphatic carbocycles. The molecule has 1 fully saturated rings. The van der Waals surface area contributed by atoms with Crippen LogP contribution >= 0.6 is 0 Å². The molecular weight excluding hydrogens is 222 g/mol. The van der Waals surface area contributed by atoms with E-state index >= 15 is 0 Å². The molecule has 18 heavy (non-hydrogen) atoms. The maximum atomic E-state index is 4.40. The van der Waals surface area contributed by atoms with Crippen molar-refractivity contribution in [1.82, 2.24) is 10.3 Å². The van der Waals surface area contributed by atoms with E-state index in [4.69, 9.17) is 0 Å². The van der Waals surface area contributed by atoms with Crippen LogP contribution in [0.2, 0.25) is 0 Å². The van der Waals surface area contributed by atoms with Gasteiger partial charge in [-0.2, -0.15) is 0 Å². The van der Waals surface area contributed by atoms with Crippen molar-refractivity contribution < 1.29 is 0 Å². The van der Waals surface area contributed by atoms with Crippen LogP contribution in [-0.2, 0) is 0 Å². The van der Waals surface area contributed by atoms with Crippen LogP contribution in [0.15, 0.2) is 18.3 Å². The van der Waals surface area contributed by atoms with E-state index in [1.54, 1.807) is 0 Å². The highest BCUT2D eigenvalue weighted by Crippen LogP contribution is 2.26. The van der Waals surface area contributed by atoms with Gasteiger partial charge in [-0.1, -0.05) is 6.92 Å². The van der Waals surface area contributed by atoms with Gasteiger partial charge in [0.1, 0.15) is 0 Å². The van der Waals surface area contributed by atoms with E-state index < -0.39 is 0 Å². The number of nitrogens with zero attached hydrogens (tertiary/aromatic N) is 2. The third kappa shape index (κ3) is 3.02. The molecule has 2 rings (SSSR count). The Balaban J connectivity index is 1.99. The summed E-state index contributed by atoms with van der Waals surface area (Å²) in [6.07, 6.45) is 5.56. The summed E-state index contributed by atoms with van der Waals surface area (Å²) in [7, 11) is 0. The van der Waals surface area contributed by atoms with Crippen molar-refractivity contribution in [1.29, 1.82) is 0 Å². The number of nitrogens with one attached hydrogen (secondary N) is 1. The van der Waals surface area contributed by atoms with Gasteiger partial charge in [-0.25, -0.2) is 0 Å². The summed E-state index contributed by atoms with van der Waals surface area (Å²) in [5, 5.41) is 3.65. The molecule has 0 spiro atoms. The molecule has 1 aromatic heterocycles. The number of piperidine rings is 1. The van der Waals surface area contributed by atoms with Gasteiger partial charge in [0.05, 0.1) is 11.4 Å². The van der Waals surface area contributed by atoms with Crippen molar-refractivity contribution in [3.05, 3.63) is 24.0 Å². The molecule has 0 aromatic carbocycles. The van der Waals surface area contributed by atoms with Gasteiger partial charge in [-0.05, 0) is 51.8 Å². The average Bonchev–Trinajstić information content (AvgIpc) is 2.38. The Morgan fingerprint density at radius 3 is 3.00 bits per heavy atom. The zero-order valence-electron chi connectivity index (χ0n) is 11.8. The zero-order valence-corrected chi connectivity index (χ0v) is 11.8. The number of anilines is 1. The Morgan fingerprint density at radius 2 is 2.33 bits per heavy atom. The first-order chi connectivity index (χ1) is 8.72. The standard InChI is InChI=1S/C15H25N3/c1-4-8-17-14-7-10-18(12(2)11-14)15-6-5-9-16-13(15)3/h5-6,9,12,14,17H,4,7-8,10-11H2,1-3H3. The number of hydrogen-bond acceptors (Lipinski definition) is 3. The first kappa shape index (κ1) is 13.3. The van der Waals surface area contributed by atoms with Crippen molar-refractivity contribution in [3.8, 4) is 0 Å². The largest absolute Gasteiger partial charge is 0.367 e. The third-order valence-corrected chi connectivity index (χ3v) is 3.85. The summed E-state index contributed by atoms with van der Waals surface area (Å²) in [5.74, 6) is 0. The van der Waals surface area contributed by atoms with E-state index in [1.165, 1.54) is 24.9 Å². The molecule has 1 aliphatic heterocycles. The van der Waals surface area contributed by atoms with Crippen molar-refractivity contribution in [2.45, 2.75) is 52.1 Å². The number of rotatable bonds is 4. The Morgan fingerprint density at radius 1 is 1.50 bits per heavy atom. The Kier molecular flexibility index (Phi) is 4.59. The third-order valence-electron chi connectivity index (χ3n) is 3.85. The number of aryl methyl sites for hydroxylation is 1. The molecular formula is C15H25N3. The van der Waals surface area contributed by atoms with Crippen LogP contribution in [0.1, 0.15) is 38.8 Å². The lowest BCUT2D eigenvalue weighted by atomic mass is 9.97. The molecule has 2 unspecified atom stereocenters. The number of pyridine rings is 1. The van der Waals surface area contributed by atoms with Crippen LogP contribution in [0, 0.1) is 6.92 Å². The van der Waals surface area contributed by atoms with E-state index in [0.717, 1.165) is 18.8 Å². The maximum Gasteiger partial charge on any atom is 0.0605 e. The first-order valence-corrected chi connectivity index (χ1v) is 7.14. The van der Waals surface area contributed by atoms with Crippen molar-refractivity contribution in [2.75, 3.05) is 18.0 Å². The van der Waals surface area contributed by atoms with Gasteiger partial charge in [-0.3, -0.25) is 4.98 Å². The minimum atomic E-state index is 0.594. The van der Waals surface area contributed by atoms with Gasteiger partial charge in [0.15, 0.2) is 0 Å². The lowest BCUT2D eigenvalue weighted by molar-refractivity contribution is 0.368. The highest BCUT2D eigenvalue weighted by atomic mass is 15.2. The maximum absolute atomic E-state index is 4.40. The SMILES string of the molecule is CCCNC1CCN(c2cccnc2C)C(C)C1. The van der Waals surface area contributed by atoms with Gasteiger partial charge in [0.25, 0.3) is 0 Å². The lowest BCUT2D eigenvalue weighted by Gasteiger charge is -2.40. The van der Waals surface area contributed by atoms with Gasteiger partial charge in [-0.15, -0.1) is 0 Å². The topological polar surface area (TPSA) is 28.2 Å². The van der Waals surface area contributed by atoms with E-state index in [1.807, 2.05) is 12.3 Å². The fourth-order valence-corrected chi connectivity index (χ4v) is 2.84. The van der Waals surface area contributed by atoms with Crippen LogP contribution in [0.5, 0.6) is 0 Å². The molecule has 0 amide bonds. The van der Waals surface area contributed by atoms with E-state index in [9.17, 15) is 0 Å². The van der Waals surface area contributed by atoms with Crippen molar-refractivity contribution in [3.63, 3.8) is 0 Å². The first-order valence-electron chi connectivity index (χ1n) is 7.14. The quantitative estimate of drug-likeness (QED) is 0.886. The zero-order chi connectivity index (χ0) is 13.0. The Labute approximate surface area is 111 Å². The molecule has 2 heterocycles. The molecule has 0 bridgehead atoms. The average molecular weight is 247 g/mol. The predicted molar refractivity (Wildman–Crippen MR) is 77.1 cm³/mol. The molecule has 3 heteroatoms. The summed E-state index contributed by atoms with van der Waals surface area (Å²) < 4.78 is 0. The Hall–Kier alpha value is -1.09. The molecule has 0 radical (unpaired) electrons. The van der Waals surface area contributed by atoms with Gasteiger partial charge in [0.2, 0.25) is 0 Å². The molecule has 2 atom stereocenters. The molecule has 1 saturated heterocycles. The lowest BCUT2D eigenvalue weighted by Crippen LogP contribution is -2.48. The second-order valence-corrected chi connectivity index (χ2v) is 5.33. The number of aromatic nitrogens is 1. The summed E-state index contributed by atoms with van der Waals surface area (Å²) >= 11 is 0. The van der Waals surface area contributed by atoms with Gasteiger partial charge >= 0.3 is 0 Å². The molecule has 3 nitrogen and oxygen atoms in total. The van der Waals surface area contributed by atoms with Crippen LogP contribution in [-0.4, -0.2) is 30.2 Å². The van der Waals surface area contributed by atoms with Crippen molar-refractivity contribution in [2.24, 2.45) is 0 Å². The van der Waals surface area contributed by atoms with Crippen molar-refractivity contribution >= 4 is 5.69 Å². The normalized spacial score (nSPS) is 24.3. The summed E-state index contributed by atoms with van der Waals surface area (Å²) in [4.78, 5) is 6.91. The minimum Gasteiger partial charge on any atom is -0.367 e. The van der Waals surface area contributed by atoms with E-state index in [0.29, 0.717) is 12.1 Å². The highest BCUT2D eigenvalue weighted by Gasteiger charge is 2.25. The predicted octanol–water partition coefficient (Wildman–Crippen LogP) is 2.75. The van der Waals surface area contributed by atoms with Crippen LogP contribution in [0.25, 0.3) is 0 Å². The monoisotopic (exact) mass is 247 g/mol. The summed E-state index contributed by atoms with van der Waals surface area (Å²) in [6, 6.07) is 5.51. The Bertz CT molecular complexity index is 378.